The van der Waals surface area contributed by atoms with E-state index < -0.39 is 0 Å². The van der Waals surface area contributed by atoms with Crippen LogP contribution in [0.25, 0.3) is 4.85 Å². The summed E-state index contributed by atoms with van der Waals surface area (Å²) in [7, 11) is 0. The Balaban J connectivity index is 2.34. The minimum atomic E-state index is 0.313. The van der Waals surface area contributed by atoms with Crippen LogP contribution in [0, 0.1) is 12.0 Å². The van der Waals surface area contributed by atoms with Gasteiger partial charge in [0.2, 0.25) is 6.54 Å². The van der Waals surface area contributed by atoms with Gasteiger partial charge in [-0.15, -0.1) is 0 Å². The zero-order chi connectivity index (χ0) is 9.73. The maximum atomic E-state index is 6.90. The maximum Gasteiger partial charge on any atom is 0.219 e. The summed E-state index contributed by atoms with van der Waals surface area (Å²) in [6.07, 6.45) is 4.93. The first-order valence-electron chi connectivity index (χ1n) is 5.27. The van der Waals surface area contributed by atoms with E-state index in [1.807, 2.05) is 0 Å². The van der Waals surface area contributed by atoms with Crippen molar-refractivity contribution in [3.8, 4) is 0 Å². The van der Waals surface area contributed by atoms with E-state index in [1.165, 1.54) is 25.7 Å². The van der Waals surface area contributed by atoms with Crippen LogP contribution in [-0.2, 0) is 0 Å². The fourth-order valence-electron chi connectivity index (χ4n) is 2.16. The van der Waals surface area contributed by atoms with Crippen LogP contribution in [0.3, 0.4) is 0 Å². The summed E-state index contributed by atoms with van der Waals surface area (Å²) in [6.45, 7) is 13.1. The van der Waals surface area contributed by atoms with Crippen LogP contribution in [0.2, 0.25) is 0 Å². The molecule has 0 aromatic heterocycles. The third kappa shape index (κ3) is 3.00. The van der Waals surface area contributed by atoms with E-state index in [0.29, 0.717) is 18.0 Å². The van der Waals surface area contributed by atoms with E-state index in [-0.39, 0.29) is 0 Å². The molecule has 0 heterocycles. The number of hydrogen-bond donors (Lipinski definition) is 1. The lowest BCUT2D eigenvalue weighted by Gasteiger charge is -2.33. The molecule has 0 aromatic rings. The zero-order valence-corrected chi connectivity index (χ0v) is 8.77. The van der Waals surface area contributed by atoms with Crippen molar-refractivity contribution in [3.63, 3.8) is 0 Å². The number of nitrogens with zero attached hydrogens (tertiary/aromatic N) is 1. The molecule has 2 heteroatoms. The highest BCUT2D eigenvalue weighted by molar-refractivity contribution is 4.89. The average Bonchev–Trinajstić information content (AvgIpc) is 2.10. The van der Waals surface area contributed by atoms with E-state index in [4.69, 9.17) is 6.57 Å². The average molecular weight is 180 g/mol. The molecule has 74 valence electrons. The van der Waals surface area contributed by atoms with Crippen LogP contribution < -0.4 is 5.32 Å². The molecule has 0 atom stereocenters. The van der Waals surface area contributed by atoms with Gasteiger partial charge in [-0.2, -0.15) is 0 Å². The summed E-state index contributed by atoms with van der Waals surface area (Å²) < 4.78 is 0. The van der Waals surface area contributed by atoms with Gasteiger partial charge in [0.05, 0.1) is 0 Å². The number of hydrogen-bond acceptors (Lipinski definition) is 1. The van der Waals surface area contributed by atoms with Gasteiger partial charge in [0, 0.05) is 11.5 Å². The lowest BCUT2D eigenvalue weighted by atomic mass is 9.74. The first-order chi connectivity index (χ1) is 6.20. The molecule has 1 saturated carbocycles. The van der Waals surface area contributed by atoms with Crippen molar-refractivity contribution in [3.05, 3.63) is 11.4 Å². The largest absolute Gasteiger partial charge is 0.316 e. The molecular weight excluding hydrogens is 160 g/mol. The first kappa shape index (κ1) is 10.5. The topological polar surface area (TPSA) is 16.4 Å². The minimum Gasteiger partial charge on any atom is -0.316 e. The van der Waals surface area contributed by atoms with Crippen molar-refractivity contribution in [1.29, 1.82) is 0 Å². The quantitative estimate of drug-likeness (QED) is 0.660. The molecule has 1 aliphatic rings. The third-order valence-corrected chi connectivity index (χ3v) is 3.15. The van der Waals surface area contributed by atoms with E-state index in [1.54, 1.807) is 0 Å². The molecule has 0 amide bonds. The summed E-state index contributed by atoms with van der Waals surface area (Å²) in [4.78, 5) is 3.53. The lowest BCUT2D eigenvalue weighted by Crippen LogP contribution is -2.37. The summed E-state index contributed by atoms with van der Waals surface area (Å²) in [5, 5.41) is 3.49. The molecule has 0 unspecified atom stereocenters. The number of nitrogens with one attached hydrogen (secondary N) is 1. The fraction of sp³-hybridized carbons (Fsp3) is 0.909. The van der Waals surface area contributed by atoms with Crippen molar-refractivity contribution in [2.24, 2.45) is 5.41 Å². The molecule has 0 bridgehead atoms. The van der Waals surface area contributed by atoms with Crippen LogP contribution in [0.15, 0.2) is 0 Å². The molecule has 1 N–H and O–H groups in total. The van der Waals surface area contributed by atoms with E-state index in [0.717, 1.165) is 6.54 Å². The molecule has 0 spiro atoms. The molecule has 2 nitrogen and oxygen atoms in total. The van der Waals surface area contributed by atoms with Crippen molar-refractivity contribution >= 4 is 0 Å². The Bertz CT molecular complexity index is 185. The monoisotopic (exact) mass is 180 g/mol. The van der Waals surface area contributed by atoms with Crippen LogP contribution in [-0.4, -0.2) is 19.1 Å². The van der Waals surface area contributed by atoms with Crippen LogP contribution in [0.5, 0.6) is 0 Å². The minimum absolute atomic E-state index is 0.313. The Kier molecular flexibility index (Phi) is 3.74. The second-order valence-electron chi connectivity index (χ2n) is 4.46. The van der Waals surface area contributed by atoms with Crippen LogP contribution in [0.1, 0.15) is 39.5 Å². The van der Waals surface area contributed by atoms with Crippen molar-refractivity contribution in [2.75, 3.05) is 13.1 Å². The Morgan fingerprint density at radius 3 is 2.54 bits per heavy atom. The highest BCUT2D eigenvalue weighted by Crippen LogP contribution is 2.36. The van der Waals surface area contributed by atoms with Gasteiger partial charge in [0.25, 0.3) is 0 Å². The fourth-order valence-corrected chi connectivity index (χ4v) is 2.16. The molecule has 1 aliphatic carbocycles. The second kappa shape index (κ2) is 4.62. The van der Waals surface area contributed by atoms with Crippen molar-refractivity contribution in [1.82, 2.24) is 5.32 Å². The van der Waals surface area contributed by atoms with E-state index in [2.05, 4.69) is 24.0 Å². The molecule has 0 aromatic carbocycles. The van der Waals surface area contributed by atoms with E-state index in [9.17, 15) is 0 Å². The maximum absolute atomic E-state index is 6.90. The summed E-state index contributed by atoms with van der Waals surface area (Å²) in [5.74, 6) is 0. The third-order valence-electron chi connectivity index (χ3n) is 3.15. The first-order valence-corrected chi connectivity index (χ1v) is 5.27. The van der Waals surface area contributed by atoms with Gasteiger partial charge in [-0.3, -0.25) is 0 Å². The van der Waals surface area contributed by atoms with Gasteiger partial charge in [0.15, 0.2) is 0 Å². The normalized spacial score (nSPS) is 34.1. The molecule has 1 rings (SSSR count). The second-order valence-corrected chi connectivity index (χ2v) is 4.46. The smallest absolute Gasteiger partial charge is 0.219 e. The summed E-state index contributed by atoms with van der Waals surface area (Å²) in [5.41, 5.74) is 0.313. The number of rotatable bonds is 3. The lowest BCUT2D eigenvalue weighted by molar-refractivity contribution is 0.203. The SMILES string of the molecule is [C-]#[N+]CC1(C)CCC(NCC)CC1. The predicted molar refractivity (Wildman–Crippen MR) is 55.5 cm³/mol. The highest BCUT2D eigenvalue weighted by atomic mass is 14.9. The molecule has 13 heavy (non-hydrogen) atoms. The Labute approximate surface area is 81.5 Å². The van der Waals surface area contributed by atoms with Gasteiger partial charge in [-0.05, 0) is 32.2 Å². The van der Waals surface area contributed by atoms with Gasteiger partial charge < -0.3 is 10.2 Å². The standard InChI is InChI=1S/C11H20N2/c1-4-13-10-5-7-11(2,8-6-10)9-12-3/h10,13H,4-9H2,1-2H3. The van der Waals surface area contributed by atoms with Crippen molar-refractivity contribution in [2.45, 2.75) is 45.6 Å². The van der Waals surface area contributed by atoms with E-state index >= 15 is 0 Å². The molecule has 1 fully saturated rings. The van der Waals surface area contributed by atoms with Gasteiger partial charge in [-0.1, -0.05) is 13.8 Å². The Morgan fingerprint density at radius 2 is 2.08 bits per heavy atom. The molecule has 0 saturated heterocycles. The zero-order valence-electron chi connectivity index (χ0n) is 8.77. The Hall–Kier alpha value is -0.550. The Morgan fingerprint density at radius 1 is 1.46 bits per heavy atom. The van der Waals surface area contributed by atoms with Gasteiger partial charge >= 0.3 is 0 Å². The predicted octanol–water partition coefficient (Wildman–Crippen LogP) is 2.46. The van der Waals surface area contributed by atoms with Gasteiger partial charge in [-0.25, -0.2) is 6.57 Å². The summed E-state index contributed by atoms with van der Waals surface area (Å²) in [6, 6.07) is 0.712. The van der Waals surface area contributed by atoms with Crippen LogP contribution in [0.4, 0.5) is 0 Å². The molecular formula is C11H20N2. The molecule has 0 aliphatic heterocycles. The van der Waals surface area contributed by atoms with Crippen LogP contribution >= 0.6 is 0 Å². The van der Waals surface area contributed by atoms with Crippen molar-refractivity contribution < 1.29 is 0 Å². The van der Waals surface area contributed by atoms with Gasteiger partial charge in [0.1, 0.15) is 0 Å². The summed E-state index contributed by atoms with van der Waals surface area (Å²) >= 11 is 0. The highest BCUT2D eigenvalue weighted by Gasteiger charge is 2.33. The molecule has 0 radical (unpaired) electrons.